The summed E-state index contributed by atoms with van der Waals surface area (Å²) in [6.07, 6.45) is 8.10. The molecule has 3 nitrogen and oxygen atoms in total. The Bertz CT molecular complexity index is 1060. The van der Waals surface area contributed by atoms with Crippen molar-refractivity contribution in [3.8, 4) is 11.5 Å². The van der Waals surface area contributed by atoms with Crippen molar-refractivity contribution < 1.29 is 27.4 Å². The van der Waals surface area contributed by atoms with Gasteiger partial charge in [-0.2, -0.15) is 4.39 Å². The molecule has 0 N–H and O–H groups in total. The van der Waals surface area contributed by atoms with Gasteiger partial charge in [-0.15, -0.1) is 0 Å². The highest BCUT2D eigenvalue weighted by Gasteiger charge is 2.31. The Morgan fingerprint density at radius 1 is 0.889 bits per heavy atom. The molecule has 2 aliphatic carbocycles. The first-order valence-corrected chi connectivity index (χ1v) is 13.1. The quantitative estimate of drug-likeness (QED) is 0.283. The second-order valence-corrected chi connectivity index (χ2v) is 10.1. The minimum absolute atomic E-state index is 0.0706. The summed E-state index contributed by atoms with van der Waals surface area (Å²) in [6.45, 7) is 3.49. The minimum Gasteiger partial charge on any atom is -0.491 e. The van der Waals surface area contributed by atoms with E-state index in [1.165, 1.54) is 18.6 Å². The van der Waals surface area contributed by atoms with Crippen LogP contribution in [0.15, 0.2) is 48.3 Å². The predicted molar refractivity (Wildman–Crippen MR) is 134 cm³/mol. The Morgan fingerprint density at radius 2 is 1.53 bits per heavy atom. The number of carbonyl (C=O) groups excluding carboxylic acids is 1. The molecule has 4 rings (SSSR count). The number of carbonyl (C=O) groups is 1. The molecule has 2 aromatic rings. The largest absolute Gasteiger partial charge is 0.491 e. The maximum absolute atomic E-state index is 14.6. The average Bonchev–Trinajstić information content (AvgIpc) is 2.88. The highest BCUT2D eigenvalue weighted by molar-refractivity contribution is 5.75. The fraction of sp³-hybridized carbons (Fsp3) is 0.500. The molecule has 2 aliphatic rings. The molecule has 2 fully saturated rings. The zero-order chi connectivity index (χ0) is 25.7. The summed E-state index contributed by atoms with van der Waals surface area (Å²) in [7, 11) is 0. The van der Waals surface area contributed by atoms with Gasteiger partial charge in [0.2, 0.25) is 5.82 Å². The van der Waals surface area contributed by atoms with Gasteiger partial charge >= 0.3 is 5.97 Å². The topological polar surface area (TPSA) is 35.5 Å². The van der Waals surface area contributed by atoms with Crippen LogP contribution in [0.5, 0.6) is 11.5 Å². The molecule has 2 saturated carbocycles. The first-order chi connectivity index (χ1) is 17.4. The molecule has 0 saturated heterocycles. The average molecular weight is 501 g/mol. The van der Waals surface area contributed by atoms with Gasteiger partial charge in [0.05, 0.1) is 18.4 Å². The van der Waals surface area contributed by atoms with E-state index in [-0.39, 0.29) is 36.0 Å². The molecule has 36 heavy (non-hydrogen) atoms. The van der Waals surface area contributed by atoms with Crippen molar-refractivity contribution in [2.75, 3.05) is 6.61 Å². The lowest BCUT2D eigenvalue weighted by Gasteiger charge is -2.28. The molecule has 6 heteroatoms. The molecule has 0 radical (unpaired) electrons. The van der Waals surface area contributed by atoms with Crippen LogP contribution in [0.1, 0.15) is 88.2 Å². The maximum Gasteiger partial charge on any atom is 0.314 e. The Hall–Kier alpha value is -2.76. The third-order valence-electron chi connectivity index (χ3n) is 7.68. The smallest absolute Gasteiger partial charge is 0.314 e. The van der Waals surface area contributed by atoms with Gasteiger partial charge in [-0.3, -0.25) is 4.79 Å². The van der Waals surface area contributed by atoms with E-state index in [0.717, 1.165) is 25.7 Å². The standard InChI is InChI=1S/C30H35F3O3/c1-3-35-27-17-16-26(28(32)29(27)33)23-8-10-24(11-9-23)30(34)36-25-14-12-22(13-15-25)21-6-4-20(5-7-21)18-19(2)31/h12-18,20-21,23-24H,3-11H2,1-2H3. The summed E-state index contributed by atoms with van der Waals surface area (Å²) in [6, 6.07) is 10.8. The van der Waals surface area contributed by atoms with Crippen LogP contribution in [-0.2, 0) is 4.79 Å². The van der Waals surface area contributed by atoms with Crippen LogP contribution in [0.4, 0.5) is 13.2 Å². The van der Waals surface area contributed by atoms with Gasteiger partial charge in [-0.05, 0) is 112 Å². The summed E-state index contributed by atoms with van der Waals surface area (Å²) < 4.78 is 52.8. The van der Waals surface area contributed by atoms with Crippen molar-refractivity contribution >= 4 is 5.97 Å². The summed E-state index contributed by atoms with van der Waals surface area (Å²) in [5, 5.41) is 0. The summed E-state index contributed by atoms with van der Waals surface area (Å²) in [5.41, 5.74) is 1.57. The van der Waals surface area contributed by atoms with E-state index in [1.54, 1.807) is 19.1 Å². The van der Waals surface area contributed by atoms with E-state index < -0.39 is 11.6 Å². The van der Waals surface area contributed by atoms with Crippen molar-refractivity contribution in [1.82, 2.24) is 0 Å². The third-order valence-corrected chi connectivity index (χ3v) is 7.68. The van der Waals surface area contributed by atoms with Gasteiger partial charge < -0.3 is 9.47 Å². The van der Waals surface area contributed by atoms with E-state index in [4.69, 9.17) is 9.47 Å². The van der Waals surface area contributed by atoms with E-state index >= 15 is 0 Å². The number of ether oxygens (including phenoxy) is 2. The Kier molecular flexibility index (Phi) is 8.76. The van der Waals surface area contributed by atoms with Gasteiger partial charge in [-0.1, -0.05) is 24.3 Å². The van der Waals surface area contributed by atoms with Gasteiger partial charge in [0.15, 0.2) is 11.6 Å². The maximum atomic E-state index is 14.6. The van der Waals surface area contributed by atoms with Gasteiger partial charge in [0.1, 0.15) is 5.75 Å². The van der Waals surface area contributed by atoms with Crippen molar-refractivity contribution in [1.29, 1.82) is 0 Å². The molecule has 0 aromatic heterocycles. The minimum atomic E-state index is -0.945. The molecule has 0 amide bonds. The second-order valence-electron chi connectivity index (χ2n) is 10.1. The van der Waals surface area contributed by atoms with Gasteiger partial charge in [0.25, 0.3) is 0 Å². The Labute approximate surface area is 211 Å². The first kappa shape index (κ1) is 26.3. The summed E-state index contributed by atoms with van der Waals surface area (Å²) >= 11 is 0. The van der Waals surface area contributed by atoms with Crippen LogP contribution in [-0.4, -0.2) is 12.6 Å². The monoisotopic (exact) mass is 500 g/mol. The lowest BCUT2D eigenvalue weighted by molar-refractivity contribution is -0.140. The Balaban J connectivity index is 1.28. The van der Waals surface area contributed by atoms with Crippen molar-refractivity contribution in [3.63, 3.8) is 0 Å². The zero-order valence-electron chi connectivity index (χ0n) is 21.1. The molecular formula is C30H35F3O3. The number of halogens is 3. The summed E-state index contributed by atoms with van der Waals surface area (Å²) in [4.78, 5) is 12.8. The van der Waals surface area contributed by atoms with Crippen LogP contribution < -0.4 is 9.47 Å². The van der Waals surface area contributed by atoms with Crippen LogP contribution in [0, 0.1) is 23.5 Å². The highest BCUT2D eigenvalue weighted by atomic mass is 19.2. The molecule has 0 bridgehead atoms. The lowest BCUT2D eigenvalue weighted by atomic mass is 9.78. The fourth-order valence-corrected chi connectivity index (χ4v) is 5.72. The molecule has 0 atom stereocenters. The number of benzene rings is 2. The van der Waals surface area contributed by atoms with Gasteiger partial charge in [-0.25, -0.2) is 8.78 Å². The first-order valence-electron chi connectivity index (χ1n) is 13.1. The van der Waals surface area contributed by atoms with E-state index in [2.05, 4.69) is 0 Å². The highest BCUT2D eigenvalue weighted by Crippen LogP contribution is 2.40. The predicted octanol–water partition coefficient (Wildman–Crippen LogP) is 8.39. The number of esters is 1. The van der Waals surface area contributed by atoms with Crippen molar-refractivity contribution in [2.24, 2.45) is 11.8 Å². The van der Waals surface area contributed by atoms with E-state index in [1.807, 2.05) is 24.3 Å². The SMILES string of the molecule is CCOc1ccc(C2CCC(C(=O)Oc3ccc(C4CCC(C=C(C)F)CC4)cc3)CC2)c(F)c1F. The van der Waals surface area contributed by atoms with Gasteiger partial charge in [0, 0.05) is 0 Å². The lowest BCUT2D eigenvalue weighted by Crippen LogP contribution is -2.25. The zero-order valence-corrected chi connectivity index (χ0v) is 21.1. The molecule has 0 spiro atoms. The van der Waals surface area contributed by atoms with E-state index in [0.29, 0.717) is 48.8 Å². The van der Waals surface area contributed by atoms with Crippen LogP contribution >= 0.6 is 0 Å². The molecule has 0 unspecified atom stereocenters. The number of hydrogen-bond acceptors (Lipinski definition) is 3. The molecule has 0 heterocycles. The van der Waals surface area contributed by atoms with Crippen molar-refractivity contribution in [2.45, 2.75) is 77.0 Å². The fourth-order valence-electron chi connectivity index (χ4n) is 5.72. The number of hydrogen-bond donors (Lipinski definition) is 0. The normalized spacial score (nSPS) is 24.9. The second kappa shape index (κ2) is 12.0. The summed E-state index contributed by atoms with van der Waals surface area (Å²) in [5.74, 6) is -1.32. The third kappa shape index (κ3) is 6.32. The number of rotatable bonds is 7. The number of allylic oxidation sites excluding steroid dienone is 2. The van der Waals surface area contributed by atoms with Crippen molar-refractivity contribution in [3.05, 3.63) is 71.1 Å². The molecular weight excluding hydrogens is 465 g/mol. The van der Waals surface area contributed by atoms with Crippen LogP contribution in [0.2, 0.25) is 0 Å². The molecule has 194 valence electrons. The van der Waals surface area contributed by atoms with Crippen LogP contribution in [0.25, 0.3) is 0 Å². The Morgan fingerprint density at radius 3 is 2.14 bits per heavy atom. The molecule has 0 aliphatic heterocycles. The van der Waals surface area contributed by atoms with E-state index in [9.17, 15) is 18.0 Å². The van der Waals surface area contributed by atoms with Crippen LogP contribution in [0.3, 0.4) is 0 Å². The molecule has 2 aromatic carbocycles.